The van der Waals surface area contributed by atoms with E-state index in [2.05, 4.69) is 5.32 Å². The first-order valence-corrected chi connectivity index (χ1v) is 5.77. The minimum Gasteiger partial charge on any atom is -0.478 e. The van der Waals surface area contributed by atoms with Crippen LogP contribution in [0.15, 0.2) is 35.9 Å². The lowest BCUT2D eigenvalue weighted by atomic mass is 10.1. The Labute approximate surface area is 106 Å². The van der Waals surface area contributed by atoms with E-state index in [1.165, 1.54) is 0 Å². The van der Waals surface area contributed by atoms with Gasteiger partial charge in [0.1, 0.15) is 0 Å². The predicted octanol–water partition coefficient (Wildman–Crippen LogP) is 3.02. The molecule has 1 aromatic rings. The average molecular weight is 254 g/mol. The Balaban J connectivity index is 2.53. The first kappa shape index (κ1) is 13.7. The molecule has 0 fully saturated rings. The number of carboxylic acid groups (broad SMARTS) is 1. The highest BCUT2D eigenvalue weighted by Crippen LogP contribution is 2.16. The first-order valence-electron chi connectivity index (χ1n) is 5.39. The summed E-state index contributed by atoms with van der Waals surface area (Å²) in [7, 11) is 0. The summed E-state index contributed by atoms with van der Waals surface area (Å²) in [4.78, 5) is 10.6. The van der Waals surface area contributed by atoms with Gasteiger partial charge in [-0.05, 0) is 31.5 Å². The van der Waals surface area contributed by atoms with Crippen LogP contribution in [-0.2, 0) is 4.79 Å². The molecule has 0 aliphatic carbocycles. The number of rotatable bonds is 5. The highest BCUT2D eigenvalue weighted by atomic mass is 35.5. The van der Waals surface area contributed by atoms with Gasteiger partial charge < -0.3 is 10.4 Å². The van der Waals surface area contributed by atoms with Crippen molar-refractivity contribution in [3.8, 4) is 0 Å². The van der Waals surface area contributed by atoms with Crippen LogP contribution in [0, 0.1) is 0 Å². The second-order valence-corrected chi connectivity index (χ2v) is 4.31. The van der Waals surface area contributed by atoms with Crippen molar-refractivity contribution >= 4 is 17.6 Å². The molecule has 17 heavy (non-hydrogen) atoms. The smallest absolute Gasteiger partial charge is 0.330 e. The number of hydrogen-bond donors (Lipinski definition) is 2. The Kier molecular flexibility index (Phi) is 5.19. The van der Waals surface area contributed by atoms with Gasteiger partial charge in [0.15, 0.2) is 0 Å². The maximum atomic E-state index is 10.6. The Morgan fingerprint density at radius 2 is 2.29 bits per heavy atom. The number of halogens is 1. The largest absolute Gasteiger partial charge is 0.478 e. The standard InChI is InChI=1S/C13H16ClNO2/c1-9(13(16)17)6-7-15-10(2)11-4-3-5-12(14)8-11/h3-6,8,10,15H,7H2,1-2H3,(H,16,17)/b9-6-/t10-/m0/s1. The summed E-state index contributed by atoms with van der Waals surface area (Å²) in [5, 5.41) is 12.6. The molecule has 3 nitrogen and oxygen atoms in total. The van der Waals surface area contributed by atoms with E-state index in [0.717, 1.165) is 5.56 Å². The average Bonchev–Trinajstić information content (AvgIpc) is 2.28. The highest BCUT2D eigenvalue weighted by molar-refractivity contribution is 6.30. The van der Waals surface area contributed by atoms with Crippen LogP contribution in [0.4, 0.5) is 0 Å². The fourth-order valence-corrected chi connectivity index (χ4v) is 1.57. The minimum absolute atomic E-state index is 0.131. The fraction of sp³-hybridized carbons (Fsp3) is 0.308. The van der Waals surface area contributed by atoms with Gasteiger partial charge in [-0.3, -0.25) is 0 Å². The molecule has 2 N–H and O–H groups in total. The van der Waals surface area contributed by atoms with Crippen molar-refractivity contribution in [2.75, 3.05) is 6.54 Å². The molecule has 4 heteroatoms. The number of nitrogens with one attached hydrogen (secondary N) is 1. The van der Waals surface area contributed by atoms with Crippen LogP contribution in [0.5, 0.6) is 0 Å². The van der Waals surface area contributed by atoms with Crippen LogP contribution in [0.3, 0.4) is 0 Å². The lowest BCUT2D eigenvalue weighted by Gasteiger charge is -2.13. The van der Waals surface area contributed by atoms with Crippen LogP contribution in [-0.4, -0.2) is 17.6 Å². The Morgan fingerprint density at radius 3 is 2.88 bits per heavy atom. The predicted molar refractivity (Wildman–Crippen MR) is 69.3 cm³/mol. The van der Waals surface area contributed by atoms with Crippen molar-refractivity contribution in [1.82, 2.24) is 5.32 Å². The monoisotopic (exact) mass is 253 g/mol. The molecule has 0 aliphatic heterocycles. The molecule has 0 unspecified atom stereocenters. The number of hydrogen-bond acceptors (Lipinski definition) is 2. The molecule has 1 rings (SSSR count). The van der Waals surface area contributed by atoms with Gasteiger partial charge in [-0.15, -0.1) is 0 Å². The van der Waals surface area contributed by atoms with Crippen LogP contribution < -0.4 is 5.32 Å². The second kappa shape index (κ2) is 6.42. The van der Waals surface area contributed by atoms with E-state index in [1.54, 1.807) is 13.0 Å². The molecule has 0 amide bonds. The van der Waals surface area contributed by atoms with Gasteiger partial charge in [-0.1, -0.05) is 29.8 Å². The van der Waals surface area contributed by atoms with Crippen LogP contribution in [0.25, 0.3) is 0 Å². The fourth-order valence-electron chi connectivity index (χ4n) is 1.37. The van der Waals surface area contributed by atoms with Gasteiger partial charge >= 0.3 is 5.97 Å². The van der Waals surface area contributed by atoms with Crippen molar-refractivity contribution in [3.05, 3.63) is 46.5 Å². The van der Waals surface area contributed by atoms with Crippen molar-refractivity contribution in [2.45, 2.75) is 19.9 Å². The number of benzene rings is 1. The summed E-state index contributed by atoms with van der Waals surface area (Å²) >= 11 is 5.90. The SMILES string of the molecule is C/C(=C/CN[C@@H](C)c1cccc(Cl)c1)C(=O)O. The summed E-state index contributed by atoms with van der Waals surface area (Å²) in [5.41, 5.74) is 1.43. The zero-order chi connectivity index (χ0) is 12.8. The summed E-state index contributed by atoms with van der Waals surface area (Å²) in [5.74, 6) is -0.887. The van der Waals surface area contributed by atoms with Gasteiger partial charge in [0.25, 0.3) is 0 Å². The summed E-state index contributed by atoms with van der Waals surface area (Å²) in [6, 6.07) is 7.73. The van der Waals surface area contributed by atoms with Crippen molar-refractivity contribution in [3.63, 3.8) is 0 Å². The van der Waals surface area contributed by atoms with Crippen LogP contribution in [0.1, 0.15) is 25.5 Å². The zero-order valence-electron chi connectivity index (χ0n) is 9.90. The van der Waals surface area contributed by atoms with Gasteiger partial charge in [0, 0.05) is 23.2 Å². The van der Waals surface area contributed by atoms with Crippen LogP contribution >= 0.6 is 11.6 Å². The third-order valence-corrected chi connectivity index (χ3v) is 2.75. The van der Waals surface area contributed by atoms with Gasteiger partial charge in [0.2, 0.25) is 0 Å². The first-order chi connectivity index (χ1) is 8.00. The molecule has 1 atom stereocenters. The van der Waals surface area contributed by atoms with Crippen molar-refractivity contribution in [2.24, 2.45) is 0 Å². The summed E-state index contributed by atoms with van der Waals surface area (Å²) in [6.07, 6.45) is 1.66. The maximum absolute atomic E-state index is 10.6. The van der Waals surface area contributed by atoms with E-state index in [0.29, 0.717) is 17.1 Å². The third-order valence-electron chi connectivity index (χ3n) is 2.52. The molecular formula is C13H16ClNO2. The molecule has 0 radical (unpaired) electrons. The summed E-state index contributed by atoms with van der Waals surface area (Å²) in [6.45, 7) is 4.11. The molecule has 0 aromatic heterocycles. The molecule has 0 heterocycles. The Hall–Kier alpha value is -1.32. The van der Waals surface area contributed by atoms with Gasteiger partial charge in [-0.25, -0.2) is 4.79 Å². The second-order valence-electron chi connectivity index (χ2n) is 3.88. The molecule has 0 saturated heterocycles. The van der Waals surface area contributed by atoms with Gasteiger partial charge in [-0.2, -0.15) is 0 Å². The van der Waals surface area contributed by atoms with E-state index in [-0.39, 0.29) is 6.04 Å². The highest BCUT2D eigenvalue weighted by Gasteiger charge is 2.04. The molecular weight excluding hydrogens is 238 g/mol. The van der Waals surface area contributed by atoms with E-state index in [9.17, 15) is 4.79 Å². The Bertz CT molecular complexity index is 429. The molecule has 1 aromatic carbocycles. The molecule has 0 spiro atoms. The Morgan fingerprint density at radius 1 is 1.59 bits per heavy atom. The zero-order valence-corrected chi connectivity index (χ0v) is 10.7. The quantitative estimate of drug-likeness (QED) is 0.793. The van der Waals surface area contributed by atoms with E-state index in [1.807, 2.05) is 31.2 Å². The van der Waals surface area contributed by atoms with Crippen molar-refractivity contribution < 1.29 is 9.90 Å². The van der Waals surface area contributed by atoms with E-state index in [4.69, 9.17) is 16.7 Å². The van der Waals surface area contributed by atoms with Crippen molar-refractivity contribution in [1.29, 1.82) is 0 Å². The maximum Gasteiger partial charge on any atom is 0.330 e. The lowest BCUT2D eigenvalue weighted by molar-refractivity contribution is -0.132. The molecule has 0 aliphatic rings. The number of carboxylic acids is 1. The molecule has 92 valence electrons. The number of carbonyl (C=O) groups is 1. The third kappa shape index (κ3) is 4.59. The van der Waals surface area contributed by atoms with E-state index < -0.39 is 5.97 Å². The topological polar surface area (TPSA) is 49.3 Å². The minimum atomic E-state index is -0.887. The molecule has 0 saturated carbocycles. The van der Waals surface area contributed by atoms with Crippen LogP contribution in [0.2, 0.25) is 5.02 Å². The lowest BCUT2D eigenvalue weighted by Crippen LogP contribution is -2.19. The molecule has 0 bridgehead atoms. The van der Waals surface area contributed by atoms with Gasteiger partial charge in [0.05, 0.1) is 0 Å². The summed E-state index contributed by atoms with van der Waals surface area (Å²) < 4.78 is 0. The van der Waals surface area contributed by atoms with E-state index >= 15 is 0 Å². The number of aliphatic carboxylic acids is 1. The normalized spacial score (nSPS) is 13.5.